The highest BCUT2D eigenvalue weighted by Gasteiger charge is 2.28. The molecule has 0 radical (unpaired) electrons. The average molecular weight is 382 g/mol. The number of nitrogens with zero attached hydrogens (tertiary/aromatic N) is 4. The largest absolute Gasteiger partial charge is 0.332 e. The van der Waals surface area contributed by atoms with Gasteiger partial charge >= 0.3 is 0 Å². The molecule has 5 rings (SSSR count). The van der Waals surface area contributed by atoms with Crippen LogP contribution >= 0.6 is 0 Å². The van der Waals surface area contributed by atoms with Crippen molar-refractivity contribution in [2.24, 2.45) is 7.05 Å². The molecule has 144 valence electrons. The van der Waals surface area contributed by atoms with Crippen LogP contribution in [0.25, 0.3) is 22.2 Å². The highest BCUT2D eigenvalue weighted by atomic mass is 16.2. The summed E-state index contributed by atoms with van der Waals surface area (Å²) in [4.78, 5) is 19.4. The highest BCUT2D eigenvalue weighted by molar-refractivity contribution is 5.98. The van der Waals surface area contributed by atoms with Crippen LogP contribution in [-0.2, 0) is 20.0 Å². The molecule has 0 spiro atoms. The second-order valence-corrected chi connectivity index (χ2v) is 7.60. The van der Waals surface area contributed by atoms with Crippen LogP contribution in [0.3, 0.4) is 0 Å². The van der Waals surface area contributed by atoms with Crippen molar-refractivity contribution in [3.8, 4) is 11.3 Å². The minimum Gasteiger partial charge on any atom is -0.332 e. The van der Waals surface area contributed by atoms with Crippen LogP contribution in [-0.4, -0.2) is 32.1 Å². The van der Waals surface area contributed by atoms with Gasteiger partial charge in [0.2, 0.25) is 0 Å². The lowest BCUT2D eigenvalue weighted by molar-refractivity contribution is 0.0732. The summed E-state index contributed by atoms with van der Waals surface area (Å²) in [6, 6.07) is 18.0. The number of fused-ring (bicyclic) bond motifs is 2. The van der Waals surface area contributed by atoms with E-state index >= 15 is 0 Å². The first kappa shape index (κ1) is 17.6. The van der Waals surface area contributed by atoms with Gasteiger partial charge in [-0.3, -0.25) is 14.5 Å². The van der Waals surface area contributed by atoms with E-state index in [0.29, 0.717) is 18.7 Å². The minimum atomic E-state index is 0.0458. The normalized spacial score (nSPS) is 13.5. The number of aryl methyl sites for hydroxylation is 2. The van der Waals surface area contributed by atoms with E-state index in [2.05, 4.69) is 36.2 Å². The summed E-state index contributed by atoms with van der Waals surface area (Å²) < 4.78 is 1.96. The Bertz CT molecular complexity index is 1240. The summed E-state index contributed by atoms with van der Waals surface area (Å²) in [5, 5.41) is 5.74. The molecule has 3 heterocycles. The number of pyridine rings is 1. The zero-order valence-corrected chi connectivity index (χ0v) is 16.6. The van der Waals surface area contributed by atoms with Crippen molar-refractivity contribution in [2.45, 2.75) is 19.9 Å². The Kier molecular flexibility index (Phi) is 4.16. The van der Waals surface area contributed by atoms with E-state index in [1.165, 1.54) is 22.4 Å². The molecule has 0 aliphatic carbocycles. The van der Waals surface area contributed by atoms with Crippen molar-refractivity contribution in [1.82, 2.24) is 19.7 Å². The molecule has 0 N–H and O–H groups in total. The Hall–Kier alpha value is -3.47. The van der Waals surface area contributed by atoms with Crippen molar-refractivity contribution >= 4 is 16.8 Å². The topological polar surface area (TPSA) is 51.0 Å². The average Bonchev–Trinajstić information content (AvgIpc) is 3.08. The Morgan fingerprint density at radius 1 is 1.07 bits per heavy atom. The second kappa shape index (κ2) is 6.85. The molecule has 0 saturated heterocycles. The molecule has 0 unspecified atom stereocenters. The fourth-order valence-corrected chi connectivity index (χ4v) is 4.26. The highest BCUT2D eigenvalue weighted by Crippen LogP contribution is 2.32. The van der Waals surface area contributed by atoms with Crippen LogP contribution < -0.4 is 0 Å². The van der Waals surface area contributed by atoms with Crippen molar-refractivity contribution in [3.05, 3.63) is 83.2 Å². The first-order valence-electron chi connectivity index (χ1n) is 9.86. The monoisotopic (exact) mass is 382 g/mol. The molecule has 1 amide bonds. The molecule has 2 aromatic heterocycles. The number of carbonyl (C=O) groups excluding carboxylic acids is 1. The first-order valence-corrected chi connectivity index (χ1v) is 9.86. The van der Waals surface area contributed by atoms with Crippen LogP contribution in [0.4, 0.5) is 0 Å². The SMILES string of the molecule is Cc1ccccc1-c1c2c(nn1C)CN(C(=O)c1ccc3ncccc3c1)CC2. The molecule has 4 aromatic rings. The third kappa shape index (κ3) is 2.99. The lowest BCUT2D eigenvalue weighted by Crippen LogP contribution is -2.36. The molecular formula is C24H22N4O. The fraction of sp³-hybridized carbons (Fsp3) is 0.208. The first-order chi connectivity index (χ1) is 14.1. The Morgan fingerprint density at radius 3 is 2.79 bits per heavy atom. The van der Waals surface area contributed by atoms with Gasteiger partial charge in [-0.05, 0) is 43.2 Å². The zero-order valence-electron chi connectivity index (χ0n) is 16.6. The third-order valence-corrected chi connectivity index (χ3v) is 5.74. The van der Waals surface area contributed by atoms with Gasteiger partial charge in [-0.2, -0.15) is 5.10 Å². The number of rotatable bonds is 2. The van der Waals surface area contributed by atoms with E-state index in [9.17, 15) is 4.79 Å². The van der Waals surface area contributed by atoms with E-state index in [1.54, 1.807) is 6.20 Å². The maximum atomic E-state index is 13.1. The molecule has 0 fully saturated rings. The third-order valence-electron chi connectivity index (χ3n) is 5.74. The predicted molar refractivity (Wildman–Crippen MR) is 114 cm³/mol. The number of hydrogen-bond acceptors (Lipinski definition) is 3. The smallest absolute Gasteiger partial charge is 0.254 e. The number of benzene rings is 2. The minimum absolute atomic E-state index is 0.0458. The number of hydrogen-bond donors (Lipinski definition) is 0. The van der Waals surface area contributed by atoms with Gasteiger partial charge in [0.05, 0.1) is 23.4 Å². The lowest BCUT2D eigenvalue weighted by atomic mass is 9.97. The van der Waals surface area contributed by atoms with E-state index < -0.39 is 0 Å². The summed E-state index contributed by atoms with van der Waals surface area (Å²) in [5.41, 5.74) is 7.47. The molecule has 5 nitrogen and oxygen atoms in total. The van der Waals surface area contributed by atoms with Crippen LogP contribution in [0.2, 0.25) is 0 Å². The zero-order chi connectivity index (χ0) is 20.0. The van der Waals surface area contributed by atoms with Gasteiger partial charge in [0.25, 0.3) is 5.91 Å². The predicted octanol–water partition coefficient (Wildman–Crippen LogP) is 4.14. The van der Waals surface area contributed by atoms with E-state index in [0.717, 1.165) is 23.0 Å². The standard InChI is InChI=1S/C24H22N4O/c1-16-6-3-4-8-19(16)23-20-11-13-28(15-22(20)26-27(23)2)24(29)18-9-10-21-17(14-18)7-5-12-25-21/h3-10,12,14H,11,13,15H2,1-2H3. The van der Waals surface area contributed by atoms with Crippen molar-refractivity contribution in [3.63, 3.8) is 0 Å². The van der Waals surface area contributed by atoms with Gasteiger partial charge in [0.15, 0.2) is 0 Å². The molecule has 1 aliphatic rings. The summed E-state index contributed by atoms with van der Waals surface area (Å²) in [6.07, 6.45) is 2.58. The summed E-state index contributed by atoms with van der Waals surface area (Å²) >= 11 is 0. The molecule has 5 heteroatoms. The maximum absolute atomic E-state index is 13.1. The van der Waals surface area contributed by atoms with Gasteiger partial charge in [0.1, 0.15) is 0 Å². The number of amides is 1. The van der Waals surface area contributed by atoms with Gasteiger partial charge in [0, 0.05) is 41.9 Å². The molecule has 2 aromatic carbocycles. The lowest BCUT2D eigenvalue weighted by Gasteiger charge is -2.27. The van der Waals surface area contributed by atoms with Crippen molar-refractivity contribution in [1.29, 1.82) is 0 Å². The van der Waals surface area contributed by atoms with Crippen molar-refractivity contribution in [2.75, 3.05) is 6.54 Å². The molecule has 0 atom stereocenters. The van der Waals surface area contributed by atoms with Crippen molar-refractivity contribution < 1.29 is 4.79 Å². The number of aromatic nitrogens is 3. The van der Waals surface area contributed by atoms with E-state index in [1.807, 2.05) is 47.0 Å². The van der Waals surface area contributed by atoms with Gasteiger partial charge in [-0.25, -0.2) is 0 Å². The van der Waals surface area contributed by atoms with Crippen LogP contribution in [0, 0.1) is 6.92 Å². The Morgan fingerprint density at radius 2 is 1.93 bits per heavy atom. The second-order valence-electron chi connectivity index (χ2n) is 7.60. The molecular weight excluding hydrogens is 360 g/mol. The summed E-state index contributed by atoms with van der Waals surface area (Å²) in [6.45, 7) is 3.36. The van der Waals surface area contributed by atoms with Crippen LogP contribution in [0.1, 0.15) is 27.2 Å². The molecule has 29 heavy (non-hydrogen) atoms. The van der Waals surface area contributed by atoms with Crippen LogP contribution in [0.15, 0.2) is 60.8 Å². The molecule has 0 saturated carbocycles. The Balaban J connectivity index is 1.46. The number of carbonyl (C=O) groups is 1. The Labute approximate surface area is 169 Å². The van der Waals surface area contributed by atoms with Gasteiger partial charge in [-0.1, -0.05) is 30.3 Å². The quantitative estimate of drug-likeness (QED) is 0.523. The molecule has 0 bridgehead atoms. The van der Waals surface area contributed by atoms with E-state index in [4.69, 9.17) is 5.10 Å². The summed E-state index contributed by atoms with van der Waals surface area (Å²) in [7, 11) is 1.99. The van der Waals surface area contributed by atoms with E-state index in [-0.39, 0.29) is 5.91 Å². The maximum Gasteiger partial charge on any atom is 0.254 e. The molecule has 1 aliphatic heterocycles. The van der Waals surface area contributed by atoms with Crippen LogP contribution in [0.5, 0.6) is 0 Å². The fourth-order valence-electron chi connectivity index (χ4n) is 4.26. The van der Waals surface area contributed by atoms with Gasteiger partial charge in [-0.15, -0.1) is 0 Å². The summed E-state index contributed by atoms with van der Waals surface area (Å²) in [5.74, 6) is 0.0458. The van der Waals surface area contributed by atoms with Gasteiger partial charge < -0.3 is 4.90 Å².